The van der Waals surface area contributed by atoms with Gasteiger partial charge in [-0.1, -0.05) is 48.5 Å². The lowest BCUT2D eigenvalue weighted by Gasteiger charge is -2.23. The molecule has 0 spiro atoms. The van der Waals surface area contributed by atoms with Crippen LogP contribution >= 0.6 is 0 Å². The molecule has 0 bridgehead atoms. The number of fused-ring (bicyclic) bond motifs is 1. The van der Waals surface area contributed by atoms with Crippen LogP contribution in [-0.4, -0.2) is 17.9 Å². The minimum absolute atomic E-state index is 0.145. The lowest BCUT2D eigenvalue weighted by Crippen LogP contribution is -2.38. The molecular formula is C16H12N2O2. The van der Waals surface area contributed by atoms with Crippen LogP contribution in [0.1, 0.15) is 11.1 Å². The molecule has 1 heterocycles. The van der Waals surface area contributed by atoms with Crippen molar-refractivity contribution >= 4 is 23.6 Å². The Morgan fingerprint density at radius 1 is 0.950 bits per heavy atom. The van der Waals surface area contributed by atoms with E-state index in [1.807, 2.05) is 48.5 Å². The molecule has 0 unspecified atom stereocenters. The highest BCUT2D eigenvalue weighted by Crippen LogP contribution is 2.26. The average molecular weight is 264 g/mol. The maximum absolute atomic E-state index is 12.0. The number of hydrogen-bond acceptors (Lipinski definition) is 3. The van der Waals surface area contributed by atoms with Crippen molar-refractivity contribution in [2.24, 2.45) is 5.10 Å². The number of carbonyl (C=O) groups excluding carboxylic acids is 2. The molecule has 2 aromatic carbocycles. The van der Waals surface area contributed by atoms with Gasteiger partial charge in [0.1, 0.15) is 0 Å². The second kappa shape index (κ2) is 5.09. The number of hydrogen-bond donors (Lipinski definition) is 0. The summed E-state index contributed by atoms with van der Waals surface area (Å²) < 4.78 is 0. The van der Waals surface area contributed by atoms with Crippen LogP contribution in [-0.2, 0) is 16.0 Å². The highest BCUT2D eigenvalue weighted by Gasteiger charge is 2.30. The first-order chi connectivity index (χ1) is 9.75. The zero-order valence-corrected chi connectivity index (χ0v) is 10.7. The summed E-state index contributed by atoms with van der Waals surface area (Å²) >= 11 is 0. The summed E-state index contributed by atoms with van der Waals surface area (Å²) in [6.07, 6.45) is 1.72. The number of carbonyl (C=O) groups is 2. The Hall–Kier alpha value is -2.75. The molecule has 0 atom stereocenters. The topological polar surface area (TPSA) is 49.7 Å². The minimum Gasteiger partial charge on any atom is -0.288 e. The number of amides is 1. The molecule has 4 heteroatoms. The van der Waals surface area contributed by atoms with Crippen LogP contribution in [0.25, 0.3) is 0 Å². The first-order valence-corrected chi connectivity index (χ1v) is 6.30. The number of hydrazone groups is 1. The van der Waals surface area contributed by atoms with Gasteiger partial charge in [-0.3, -0.25) is 9.59 Å². The Balaban J connectivity index is 1.98. The highest BCUT2D eigenvalue weighted by molar-refractivity contribution is 6.43. The molecule has 0 fully saturated rings. The van der Waals surface area contributed by atoms with E-state index in [-0.39, 0.29) is 6.42 Å². The van der Waals surface area contributed by atoms with Crippen LogP contribution in [0.5, 0.6) is 0 Å². The number of anilines is 1. The third-order valence-electron chi connectivity index (χ3n) is 3.12. The van der Waals surface area contributed by atoms with E-state index >= 15 is 0 Å². The summed E-state index contributed by atoms with van der Waals surface area (Å²) in [5.41, 5.74) is 2.36. The van der Waals surface area contributed by atoms with Crippen molar-refractivity contribution < 1.29 is 9.59 Å². The van der Waals surface area contributed by atoms with Gasteiger partial charge in [-0.05, 0) is 17.2 Å². The summed E-state index contributed by atoms with van der Waals surface area (Å²) in [6, 6.07) is 16.7. The summed E-state index contributed by atoms with van der Waals surface area (Å²) in [4.78, 5) is 23.7. The lowest BCUT2D eigenvalue weighted by molar-refractivity contribution is -0.136. The van der Waals surface area contributed by atoms with Crippen LogP contribution in [0.4, 0.5) is 5.69 Å². The molecule has 2 aromatic rings. The van der Waals surface area contributed by atoms with Gasteiger partial charge in [-0.2, -0.15) is 10.1 Å². The fourth-order valence-electron chi connectivity index (χ4n) is 2.12. The fraction of sp³-hybridized carbons (Fsp3) is 0.0625. The first-order valence-electron chi connectivity index (χ1n) is 6.30. The van der Waals surface area contributed by atoms with Crippen molar-refractivity contribution in [3.8, 4) is 0 Å². The van der Waals surface area contributed by atoms with E-state index in [2.05, 4.69) is 5.10 Å². The van der Waals surface area contributed by atoms with Gasteiger partial charge in [0.15, 0.2) is 0 Å². The molecule has 1 amide bonds. The molecule has 0 radical (unpaired) electrons. The number of Topliss-reactive ketones (excluding diaryl/α,β-unsaturated/α-hetero) is 1. The van der Waals surface area contributed by atoms with Crippen LogP contribution in [0.3, 0.4) is 0 Å². The third kappa shape index (κ3) is 2.23. The fourth-order valence-corrected chi connectivity index (χ4v) is 2.12. The number of nitrogens with zero attached hydrogens (tertiary/aromatic N) is 2. The van der Waals surface area contributed by atoms with Gasteiger partial charge in [-0.15, -0.1) is 0 Å². The molecule has 1 aliphatic rings. The van der Waals surface area contributed by atoms with Crippen molar-refractivity contribution in [2.45, 2.75) is 6.42 Å². The van der Waals surface area contributed by atoms with Gasteiger partial charge in [0.2, 0.25) is 5.78 Å². The monoisotopic (exact) mass is 264 g/mol. The largest absolute Gasteiger partial charge is 0.315 e. The molecule has 98 valence electrons. The van der Waals surface area contributed by atoms with Gasteiger partial charge in [0.25, 0.3) is 0 Å². The van der Waals surface area contributed by atoms with Crippen LogP contribution < -0.4 is 5.01 Å². The Morgan fingerprint density at radius 2 is 1.65 bits per heavy atom. The smallest absolute Gasteiger partial charge is 0.288 e. The average Bonchev–Trinajstić information content (AvgIpc) is 2.49. The van der Waals surface area contributed by atoms with Crippen LogP contribution in [0.15, 0.2) is 59.7 Å². The molecular weight excluding hydrogens is 252 g/mol. The Morgan fingerprint density at radius 3 is 2.45 bits per heavy atom. The van der Waals surface area contributed by atoms with E-state index in [4.69, 9.17) is 0 Å². The van der Waals surface area contributed by atoms with E-state index < -0.39 is 11.7 Å². The van der Waals surface area contributed by atoms with E-state index in [0.717, 1.165) is 11.1 Å². The predicted molar refractivity (Wildman–Crippen MR) is 76.7 cm³/mol. The second-order valence-electron chi connectivity index (χ2n) is 4.50. The van der Waals surface area contributed by atoms with Gasteiger partial charge in [0, 0.05) is 6.42 Å². The highest BCUT2D eigenvalue weighted by atomic mass is 16.2. The van der Waals surface area contributed by atoms with Gasteiger partial charge in [-0.25, -0.2) is 0 Å². The predicted octanol–water partition coefficient (Wildman–Crippen LogP) is 2.18. The molecule has 4 nitrogen and oxygen atoms in total. The summed E-state index contributed by atoms with van der Waals surface area (Å²) in [6.45, 7) is 0. The molecule has 0 aromatic heterocycles. The van der Waals surface area contributed by atoms with Crippen LogP contribution in [0.2, 0.25) is 0 Å². The van der Waals surface area contributed by atoms with Crippen LogP contribution in [0, 0.1) is 0 Å². The maximum Gasteiger partial charge on any atom is 0.315 e. The van der Waals surface area contributed by atoms with Crippen molar-refractivity contribution in [3.05, 3.63) is 65.7 Å². The number of para-hydroxylation sites is 1. The normalized spacial score (nSPS) is 14.7. The summed E-state index contributed by atoms with van der Waals surface area (Å²) in [5, 5.41) is 5.34. The summed E-state index contributed by atoms with van der Waals surface area (Å²) in [7, 11) is 0. The van der Waals surface area contributed by atoms with Gasteiger partial charge in [0.05, 0.1) is 11.9 Å². The van der Waals surface area contributed by atoms with Crippen molar-refractivity contribution in [1.29, 1.82) is 0 Å². The maximum atomic E-state index is 12.0. The number of benzene rings is 2. The van der Waals surface area contributed by atoms with Crippen molar-refractivity contribution in [2.75, 3.05) is 5.01 Å². The summed E-state index contributed by atoms with van der Waals surface area (Å²) in [5.74, 6) is -1.02. The zero-order valence-electron chi connectivity index (χ0n) is 10.7. The number of rotatable bonds is 2. The Kier molecular flexibility index (Phi) is 3.13. The molecule has 1 aliphatic heterocycles. The van der Waals surface area contributed by atoms with E-state index in [0.29, 0.717) is 5.69 Å². The van der Waals surface area contributed by atoms with E-state index in [1.54, 1.807) is 12.3 Å². The van der Waals surface area contributed by atoms with Gasteiger partial charge >= 0.3 is 5.91 Å². The van der Waals surface area contributed by atoms with Crippen molar-refractivity contribution in [3.63, 3.8) is 0 Å². The second-order valence-corrected chi connectivity index (χ2v) is 4.50. The van der Waals surface area contributed by atoms with Crippen molar-refractivity contribution in [1.82, 2.24) is 0 Å². The molecule has 0 N–H and O–H groups in total. The van der Waals surface area contributed by atoms with E-state index in [9.17, 15) is 9.59 Å². The molecule has 20 heavy (non-hydrogen) atoms. The Bertz CT molecular complexity index is 693. The minimum atomic E-state index is -0.587. The quantitative estimate of drug-likeness (QED) is 0.616. The van der Waals surface area contributed by atoms with Gasteiger partial charge < -0.3 is 0 Å². The lowest BCUT2D eigenvalue weighted by atomic mass is 10.0. The molecule has 0 saturated carbocycles. The van der Waals surface area contributed by atoms with E-state index in [1.165, 1.54) is 5.01 Å². The third-order valence-corrected chi connectivity index (χ3v) is 3.12. The standard InChI is InChI=1S/C16H12N2O2/c19-15-10-13-8-4-5-9-14(13)18(16(15)20)17-11-12-6-2-1-3-7-12/h1-9,11H,10H2. The Labute approximate surface area is 116 Å². The number of ketones is 1. The SMILES string of the molecule is O=C1Cc2ccccc2N(N=Cc2ccccc2)C1=O. The zero-order chi connectivity index (χ0) is 13.9. The first kappa shape index (κ1) is 12.3. The molecule has 0 saturated heterocycles. The molecule has 0 aliphatic carbocycles. The molecule has 3 rings (SSSR count).